The molecule has 4 N–H and O–H groups in total. The van der Waals surface area contributed by atoms with Crippen LogP contribution in [-0.4, -0.2) is 18.3 Å². The van der Waals surface area contributed by atoms with Gasteiger partial charge >= 0.3 is 0 Å². The number of carbonyl (C=O) groups is 1. The summed E-state index contributed by atoms with van der Waals surface area (Å²) in [5.41, 5.74) is 5.01. The second kappa shape index (κ2) is 3.88. The molecule has 0 aromatic heterocycles. The molecule has 52 valence electrons. The molecule has 0 rings (SSSR count). The normalized spacial score (nSPS) is 8.56. The fourth-order valence-corrected chi connectivity index (χ4v) is 0.373. The van der Waals surface area contributed by atoms with E-state index in [1.165, 1.54) is 6.92 Å². The minimum absolute atomic E-state index is 0.0868. The van der Waals surface area contributed by atoms with E-state index >= 15 is 0 Å². The molecule has 0 aliphatic carbocycles. The highest BCUT2D eigenvalue weighted by Crippen LogP contribution is 1.71. The van der Waals surface area contributed by atoms with E-state index in [-0.39, 0.29) is 11.7 Å². The maximum Gasteiger partial charge on any atom is 0.216 e. The predicted octanol–water partition coefficient (Wildman–Crippen LogP) is -0.551. The minimum Gasteiger partial charge on any atom is -0.388 e. The quantitative estimate of drug-likeness (QED) is 0.353. The van der Waals surface area contributed by atoms with Crippen LogP contribution in [0.5, 0.6) is 0 Å². The van der Waals surface area contributed by atoms with Crippen LogP contribution in [-0.2, 0) is 4.79 Å². The van der Waals surface area contributed by atoms with Crippen LogP contribution < -0.4 is 11.1 Å². The summed E-state index contributed by atoms with van der Waals surface area (Å²) in [4.78, 5) is 10.2. The van der Waals surface area contributed by atoms with Gasteiger partial charge in [-0.1, -0.05) is 0 Å². The highest BCUT2D eigenvalue weighted by Gasteiger charge is 1.90. The van der Waals surface area contributed by atoms with Crippen molar-refractivity contribution in [1.82, 2.24) is 5.32 Å². The van der Waals surface area contributed by atoms with Gasteiger partial charge in [-0.25, -0.2) is 0 Å². The molecule has 0 aromatic rings. The zero-order chi connectivity index (χ0) is 7.28. The van der Waals surface area contributed by atoms with Gasteiger partial charge in [-0.3, -0.25) is 10.2 Å². The lowest BCUT2D eigenvalue weighted by Gasteiger charge is -1.97. The molecule has 0 bridgehead atoms. The Kier molecular flexibility index (Phi) is 3.43. The summed E-state index contributed by atoms with van der Waals surface area (Å²) in [6.07, 6.45) is 0.430. The maximum atomic E-state index is 10.2. The zero-order valence-corrected chi connectivity index (χ0v) is 5.40. The monoisotopic (exact) mass is 129 g/mol. The van der Waals surface area contributed by atoms with Gasteiger partial charge in [-0.2, -0.15) is 0 Å². The number of nitrogens with one attached hydrogen (secondary N) is 2. The standard InChI is InChI=1S/C5H11N3O/c1-4(9)8-3-2-5(6)7/h2-3H2,1H3,(H3,6,7)(H,8,9). The van der Waals surface area contributed by atoms with Crippen LogP contribution in [0.15, 0.2) is 0 Å². The Morgan fingerprint density at radius 2 is 2.33 bits per heavy atom. The zero-order valence-electron chi connectivity index (χ0n) is 5.40. The summed E-state index contributed by atoms with van der Waals surface area (Å²) >= 11 is 0. The Labute approximate surface area is 53.9 Å². The van der Waals surface area contributed by atoms with Gasteiger partial charge in [0.05, 0.1) is 5.84 Å². The topological polar surface area (TPSA) is 79.0 Å². The highest BCUT2D eigenvalue weighted by atomic mass is 16.1. The Morgan fingerprint density at radius 3 is 2.67 bits per heavy atom. The molecule has 0 fully saturated rings. The number of amidine groups is 1. The van der Waals surface area contributed by atoms with Crippen molar-refractivity contribution in [2.45, 2.75) is 13.3 Å². The van der Waals surface area contributed by atoms with Crippen molar-refractivity contribution in [3.05, 3.63) is 0 Å². The number of nitrogens with two attached hydrogens (primary N) is 1. The van der Waals surface area contributed by atoms with Gasteiger partial charge in [-0.05, 0) is 0 Å². The van der Waals surface area contributed by atoms with Crippen LogP contribution in [0.4, 0.5) is 0 Å². The molecule has 0 spiro atoms. The number of rotatable bonds is 3. The first-order valence-corrected chi connectivity index (χ1v) is 2.70. The summed E-state index contributed by atoms with van der Waals surface area (Å²) in [5, 5.41) is 9.28. The molecule has 0 radical (unpaired) electrons. The molecule has 4 nitrogen and oxygen atoms in total. The van der Waals surface area contributed by atoms with Gasteiger partial charge in [0.25, 0.3) is 0 Å². The maximum absolute atomic E-state index is 10.2. The van der Waals surface area contributed by atoms with Crippen molar-refractivity contribution < 1.29 is 4.79 Å². The Morgan fingerprint density at radius 1 is 1.78 bits per heavy atom. The second-order valence-electron chi connectivity index (χ2n) is 1.76. The number of amides is 1. The van der Waals surface area contributed by atoms with E-state index in [4.69, 9.17) is 11.1 Å². The van der Waals surface area contributed by atoms with Crippen LogP contribution >= 0.6 is 0 Å². The molecule has 0 atom stereocenters. The Bertz CT molecular complexity index is 107. The first-order valence-electron chi connectivity index (χ1n) is 2.70. The van der Waals surface area contributed by atoms with Gasteiger partial charge in [0.2, 0.25) is 5.91 Å². The molecule has 0 unspecified atom stereocenters. The SMILES string of the molecule is CC(=O)NCCC(=N)N. The van der Waals surface area contributed by atoms with Gasteiger partial charge in [0, 0.05) is 19.9 Å². The fourth-order valence-electron chi connectivity index (χ4n) is 0.373. The molecule has 4 heteroatoms. The van der Waals surface area contributed by atoms with Crippen LogP contribution in [0, 0.1) is 5.41 Å². The van der Waals surface area contributed by atoms with Crippen LogP contribution in [0.25, 0.3) is 0 Å². The molecule has 9 heavy (non-hydrogen) atoms. The molecule has 0 saturated heterocycles. The van der Waals surface area contributed by atoms with Crippen molar-refractivity contribution in [3.8, 4) is 0 Å². The van der Waals surface area contributed by atoms with Gasteiger partial charge in [0.1, 0.15) is 0 Å². The van der Waals surface area contributed by atoms with Crippen LogP contribution in [0.2, 0.25) is 0 Å². The van der Waals surface area contributed by atoms with Crippen LogP contribution in [0.3, 0.4) is 0 Å². The molecule has 0 aliphatic heterocycles. The first-order chi connectivity index (χ1) is 4.13. The van der Waals surface area contributed by atoms with Crippen LogP contribution in [0.1, 0.15) is 13.3 Å². The average molecular weight is 129 g/mol. The predicted molar refractivity (Wildman–Crippen MR) is 35.2 cm³/mol. The van der Waals surface area contributed by atoms with E-state index < -0.39 is 0 Å². The van der Waals surface area contributed by atoms with Crippen molar-refractivity contribution in [2.75, 3.05) is 6.54 Å². The van der Waals surface area contributed by atoms with E-state index in [0.29, 0.717) is 13.0 Å². The molecule has 0 saturated carbocycles. The summed E-state index contributed by atoms with van der Waals surface area (Å²) in [5.74, 6) is 0.0139. The number of hydrogen-bond acceptors (Lipinski definition) is 2. The summed E-state index contributed by atoms with van der Waals surface area (Å²) in [6, 6.07) is 0. The molecular weight excluding hydrogens is 118 g/mol. The molecule has 0 heterocycles. The summed E-state index contributed by atoms with van der Waals surface area (Å²) < 4.78 is 0. The van der Waals surface area contributed by atoms with E-state index in [0.717, 1.165) is 0 Å². The third-order valence-corrected chi connectivity index (χ3v) is 0.768. The summed E-state index contributed by atoms with van der Waals surface area (Å²) in [7, 11) is 0. The van der Waals surface area contributed by atoms with E-state index in [9.17, 15) is 4.79 Å². The molecule has 1 amide bonds. The summed E-state index contributed by atoms with van der Waals surface area (Å²) in [6.45, 7) is 1.89. The average Bonchev–Trinajstić information content (AvgIpc) is 1.63. The first kappa shape index (κ1) is 7.94. The minimum atomic E-state index is -0.0868. The van der Waals surface area contributed by atoms with E-state index in [1.807, 2.05) is 0 Å². The molecule has 0 aliphatic rings. The Hall–Kier alpha value is -1.06. The van der Waals surface area contributed by atoms with Crippen molar-refractivity contribution >= 4 is 11.7 Å². The largest absolute Gasteiger partial charge is 0.388 e. The second-order valence-corrected chi connectivity index (χ2v) is 1.76. The van der Waals surface area contributed by atoms with E-state index in [2.05, 4.69) is 5.32 Å². The van der Waals surface area contributed by atoms with Gasteiger partial charge in [0.15, 0.2) is 0 Å². The molecular formula is C5H11N3O. The van der Waals surface area contributed by atoms with Gasteiger partial charge in [-0.15, -0.1) is 0 Å². The lowest BCUT2D eigenvalue weighted by atomic mass is 10.4. The molecule has 0 aromatic carbocycles. The van der Waals surface area contributed by atoms with E-state index in [1.54, 1.807) is 0 Å². The van der Waals surface area contributed by atoms with Gasteiger partial charge < -0.3 is 11.1 Å². The fraction of sp³-hybridized carbons (Fsp3) is 0.600. The number of carbonyl (C=O) groups excluding carboxylic acids is 1. The smallest absolute Gasteiger partial charge is 0.216 e. The Balaban J connectivity index is 3.10. The highest BCUT2D eigenvalue weighted by molar-refractivity contribution is 5.78. The number of hydrogen-bond donors (Lipinski definition) is 3. The van der Waals surface area contributed by atoms with Crippen molar-refractivity contribution in [3.63, 3.8) is 0 Å². The third kappa shape index (κ3) is 6.94. The van der Waals surface area contributed by atoms with Crippen molar-refractivity contribution in [2.24, 2.45) is 5.73 Å². The lowest BCUT2D eigenvalue weighted by Crippen LogP contribution is -2.25. The lowest BCUT2D eigenvalue weighted by molar-refractivity contribution is -0.118. The van der Waals surface area contributed by atoms with Crippen molar-refractivity contribution in [1.29, 1.82) is 5.41 Å². The third-order valence-electron chi connectivity index (χ3n) is 0.768.